The first-order valence-corrected chi connectivity index (χ1v) is 5.28. The van der Waals surface area contributed by atoms with Gasteiger partial charge in [0.1, 0.15) is 6.61 Å². The lowest BCUT2D eigenvalue weighted by Gasteiger charge is -2.07. The molecule has 90 valence electrons. The van der Waals surface area contributed by atoms with Gasteiger partial charge in [0, 0.05) is 20.3 Å². The van der Waals surface area contributed by atoms with Gasteiger partial charge in [-0.15, -0.1) is 0 Å². The third kappa shape index (κ3) is 5.09. The molecule has 0 amide bonds. The average molecular weight is 228 g/mol. The average Bonchev–Trinajstić information content (AvgIpc) is 2.30. The minimum atomic E-state index is -0.345. The second-order valence-electron chi connectivity index (χ2n) is 3.24. The summed E-state index contributed by atoms with van der Waals surface area (Å²) >= 11 is 0. The van der Waals surface area contributed by atoms with Crippen molar-refractivity contribution in [3.63, 3.8) is 0 Å². The van der Waals surface area contributed by atoms with Crippen molar-refractivity contribution >= 4 is 0 Å². The van der Waals surface area contributed by atoms with E-state index in [1.807, 2.05) is 0 Å². The maximum atomic E-state index is 13.1. The van der Waals surface area contributed by atoms with Gasteiger partial charge in [-0.3, -0.25) is 0 Å². The highest BCUT2D eigenvalue weighted by Gasteiger charge is 2.00. The molecule has 0 aromatic heterocycles. The maximum Gasteiger partial charge on any atom is 0.165 e. The molecule has 1 aromatic rings. The van der Waals surface area contributed by atoms with Crippen molar-refractivity contribution in [2.45, 2.75) is 6.42 Å². The first-order valence-electron chi connectivity index (χ1n) is 5.28. The van der Waals surface area contributed by atoms with E-state index >= 15 is 0 Å². The lowest BCUT2D eigenvalue weighted by atomic mass is 10.3. The number of halogens is 1. The molecule has 0 spiro atoms. The van der Waals surface area contributed by atoms with Crippen LogP contribution in [-0.2, 0) is 9.47 Å². The zero-order valence-electron chi connectivity index (χ0n) is 9.45. The number of para-hydroxylation sites is 1. The Kier molecular flexibility index (Phi) is 6.53. The van der Waals surface area contributed by atoms with Crippen LogP contribution in [-0.4, -0.2) is 33.5 Å². The Bertz CT molecular complexity index is 291. The van der Waals surface area contributed by atoms with Crippen LogP contribution < -0.4 is 4.74 Å². The van der Waals surface area contributed by atoms with Crippen LogP contribution in [0.2, 0.25) is 0 Å². The van der Waals surface area contributed by atoms with E-state index in [1.165, 1.54) is 6.07 Å². The van der Waals surface area contributed by atoms with Crippen molar-refractivity contribution in [2.24, 2.45) is 0 Å². The van der Waals surface area contributed by atoms with Gasteiger partial charge in [0.25, 0.3) is 0 Å². The van der Waals surface area contributed by atoms with Crippen LogP contribution in [0.1, 0.15) is 6.42 Å². The predicted molar refractivity (Wildman–Crippen MR) is 59.2 cm³/mol. The van der Waals surface area contributed by atoms with Crippen molar-refractivity contribution in [2.75, 3.05) is 33.5 Å². The molecule has 0 atom stereocenters. The second-order valence-corrected chi connectivity index (χ2v) is 3.24. The zero-order valence-corrected chi connectivity index (χ0v) is 9.45. The molecule has 0 unspecified atom stereocenters. The monoisotopic (exact) mass is 228 g/mol. The SMILES string of the molecule is COCCCOCCOc1ccccc1F. The fourth-order valence-electron chi connectivity index (χ4n) is 1.18. The highest BCUT2D eigenvalue weighted by Crippen LogP contribution is 2.14. The first kappa shape index (κ1) is 12.9. The van der Waals surface area contributed by atoms with E-state index in [9.17, 15) is 4.39 Å². The van der Waals surface area contributed by atoms with Gasteiger partial charge in [-0.1, -0.05) is 12.1 Å². The lowest BCUT2D eigenvalue weighted by molar-refractivity contribution is 0.0797. The molecule has 0 fully saturated rings. The first-order chi connectivity index (χ1) is 7.84. The van der Waals surface area contributed by atoms with E-state index in [-0.39, 0.29) is 11.6 Å². The number of ether oxygens (including phenoxy) is 3. The fraction of sp³-hybridized carbons (Fsp3) is 0.500. The highest BCUT2D eigenvalue weighted by atomic mass is 19.1. The van der Waals surface area contributed by atoms with Crippen LogP contribution in [0.4, 0.5) is 4.39 Å². The minimum Gasteiger partial charge on any atom is -0.488 e. The molecule has 0 saturated heterocycles. The van der Waals surface area contributed by atoms with Gasteiger partial charge in [-0.05, 0) is 18.6 Å². The van der Waals surface area contributed by atoms with Crippen molar-refractivity contribution in [3.05, 3.63) is 30.1 Å². The van der Waals surface area contributed by atoms with Crippen molar-refractivity contribution in [1.29, 1.82) is 0 Å². The molecule has 4 heteroatoms. The molecular formula is C12H17FO3. The summed E-state index contributed by atoms with van der Waals surface area (Å²) in [5.41, 5.74) is 0. The van der Waals surface area contributed by atoms with Gasteiger partial charge in [0.05, 0.1) is 6.61 Å². The molecule has 0 N–H and O–H groups in total. The normalized spacial score (nSPS) is 10.4. The summed E-state index contributed by atoms with van der Waals surface area (Å²) in [5, 5.41) is 0. The van der Waals surface area contributed by atoms with Crippen molar-refractivity contribution in [1.82, 2.24) is 0 Å². The Hall–Kier alpha value is -1.13. The van der Waals surface area contributed by atoms with Gasteiger partial charge in [-0.2, -0.15) is 0 Å². The quantitative estimate of drug-likeness (QED) is 0.639. The van der Waals surface area contributed by atoms with E-state index in [2.05, 4.69) is 0 Å². The third-order valence-corrected chi connectivity index (χ3v) is 1.96. The summed E-state index contributed by atoms with van der Waals surface area (Å²) in [6.45, 7) is 2.13. The third-order valence-electron chi connectivity index (χ3n) is 1.96. The molecule has 0 saturated carbocycles. The molecule has 1 aromatic carbocycles. The van der Waals surface area contributed by atoms with Crippen LogP contribution >= 0.6 is 0 Å². The van der Waals surface area contributed by atoms with Crippen LogP contribution in [0.5, 0.6) is 5.75 Å². The molecule has 3 nitrogen and oxygen atoms in total. The molecule has 0 heterocycles. The van der Waals surface area contributed by atoms with Gasteiger partial charge in [-0.25, -0.2) is 4.39 Å². The highest BCUT2D eigenvalue weighted by molar-refractivity contribution is 5.23. The summed E-state index contributed by atoms with van der Waals surface area (Å²) in [6.07, 6.45) is 0.857. The molecule has 0 radical (unpaired) electrons. The lowest BCUT2D eigenvalue weighted by Crippen LogP contribution is -2.09. The second kappa shape index (κ2) is 8.07. The Morgan fingerprint density at radius 2 is 1.88 bits per heavy atom. The Labute approximate surface area is 95.1 Å². The maximum absolute atomic E-state index is 13.1. The van der Waals surface area contributed by atoms with E-state index in [1.54, 1.807) is 25.3 Å². The molecule has 1 rings (SSSR count). The van der Waals surface area contributed by atoms with Crippen LogP contribution in [0.3, 0.4) is 0 Å². The fourth-order valence-corrected chi connectivity index (χ4v) is 1.18. The largest absolute Gasteiger partial charge is 0.488 e. The van der Waals surface area contributed by atoms with Gasteiger partial charge in [0.15, 0.2) is 11.6 Å². The summed E-state index contributed by atoms with van der Waals surface area (Å²) in [5.74, 6) is -0.0788. The number of rotatable bonds is 8. The summed E-state index contributed by atoms with van der Waals surface area (Å²) in [7, 11) is 1.65. The zero-order chi connectivity index (χ0) is 11.6. The van der Waals surface area contributed by atoms with Gasteiger partial charge < -0.3 is 14.2 Å². The number of benzene rings is 1. The summed E-state index contributed by atoms with van der Waals surface area (Å²) < 4.78 is 28.4. The Balaban J connectivity index is 2.05. The number of hydrogen-bond acceptors (Lipinski definition) is 3. The Morgan fingerprint density at radius 3 is 2.62 bits per heavy atom. The smallest absolute Gasteiger partial charge is 0.165 e. The molecule has 0 aliphatic carbocycles. The van der Waals surface area contributed by atoms with Crippen LogP contribution in [0, 0.1) is 5.82 Å². The molecule has 0 aliphatic rings. The van der Waals surface area contributed by atoms with Crippen molar-refractivity contribution < 1.29 is 18.6 Å². The summed E-state index contributed by atoms with van der Waals surface area (Å²) in [6, 6.07) is 6.33. The van der Waals surface area contributed by atoms with Crippen molar-refractivity contribution in [3.8, 4) is 5.75 Å². The Morgan fingerprint density at radius 1 is 1.06 bits per heavy atom. The number of methoxy groups -OCH3 is 1. The molecule has 0 aliphatic heterocycles. The van der Waals surface area contributed by atoms with E-state index in [0.29, 0.717) is 26.4 Å². The van der Waals surface area contributed by atoms with E-state index in [0.717, 1.165) is 6.42 Å². The van der Waals surface area contributed by atoms with E-state index < -0.39 is 0 Å². The predicted octanol–water partition coefficient (Wildman–Crippen LogP) is 2.26. The standard InChI is InChI=1S/C12H17FO3/c1-14-7-4-8-15-9-10-16-12-6-3-2-5-11(12)13/h2-3,5-6H,4,7-10H2,1H3. The van der Waals surface area contributed by atoms with E-state index in [4.69, 9.17) is 14.2 Å². The van der Waals surface area contributed by atoms with Gasteiger partial charge in [0.2, 0.25) is 0 Å². The summed E-state index contributed by atoms with van der Waals surface area (Å²) in [4.78, 5) is 0. The topological polar surface area (TPSA) is 27.7 Å². The molecular weight excluding hydrogens is 211 g/mol. The van der Waals surface area contributed by atoms with Crippen LogP contribution in [0.15, 0.2) is 24.3 Å². The van der Waals surface area contributed by atoms with Gasteiger partial charge >= 0.3 is 0 Å². The minimum absolute atomic E-state index is 0.267. The number of hydrogen-bond donors (Lipinski definition) is 0. The molecule has 0 bridgehead atoms. The van der Waals surface area contributed by atoms with Crippen LogP contribution in [0.25, 0.3) is 0 Å². The molecule has 16 heavy (non-hydrogen) atoms.